The van der Waals surface area contributed by atoms with Crippen molar-refractivity contribution in [2.24, 2.45) is 0 Å². The Bertz CT molecular complexity index is 1130. The molecule has 0 spiro atoms. The SMILES string of the molecule is CN1CCCc2cc(C(=O)N3CCC[C@@H]3c3ccc(Cc4cccc(F)c4)cn3)ccc21. The highest BCUT2D eigenvalue weighted by Crippen LogP contribution is 2.34. The van der Waals surface area contributed by atoms with E-state index in [2.05, 4.69) is 24.1 Å². The Morgan fingerprint density at radius 2 is 1.97 bits per heavy atom. The number of hydrogen-bond acceptors (Lipinski definition) is 3. The van der Waals surface area contributed by atoms with Crippen molar-refractivity contribution < 1.29 is 9.18 Å². The quantitative estimate of drug-likeness (QED) is 0.574. The van der Waals surface area contributed by atoms with E-state index >= 15 is 0 Å². The summed E-state index contributed by atoms with van der Waals surface area (Å²) in [6.07, 6.45) is 6.56. The highest BCUT2D eigenvalue weighted by atomic mass is 19.1. The largest absolute Gasteiger partial charge is 0.374 e. The third kappa shape index (κ3) is 4.12. The first-order chi connectivity index (χ1) is 15.6. The summed E-state index contributed by atoms with van der Waals surface area (Å²) in [5, 5.41) is 0. The van der Waals surface area contributed by atoms with E-state index in [-0.39, 0.29) is 17.8 Å². The fourth-order valence-corrected chi connectivity index (χ4v) is 5.02. The van der Waals surface area contributed by atoms with Crippen molar-refractivity contribution in [3.63, 3.8) is 0 Å². The Kier molecular flexibility index (Phi) is 5.64. The molecular formula is C27H28FN3O. The summed E-state index contributed by atoms with van der Waals surface area (Å²) >= 11 is 0. The van der Waals surface area contributed by atoms with Crippen LogP contribution in [0.2, 0.25) is 0 Å². The van der Waals surface area contributed by atoms with Crippen LogP contribution in [0.25, 0.3) is 0 Å². The summed E-state index contributed by atoms with van der Waals surface area (Å²) < 4.78 is 13.5. The van der Waals surface area contributed by atoms with Gasteiger partial charge >= 0.3 is 0 Å². The second kappa shape index (κ2) is 8.73. The van der Waals surface area contributed by atoms with E-state index in [0.29, 0.717) is 6.42 Å². The number of hydrogen-bond donors (Lipinski definition) is 0. The maximum absolute atomic E-state index is 13.5. The highest BCUT2D eigenvalue weighted by molar-refractivity contribution is 5.95. The van der Waals surface area contributed by atoms with Crippen LogP contribution in [-0.4, -0.2) is 35.9 Å². The first kappa shape index (κ1) is 20.7. The molecule has 4 nitrogen and oxygen atoms in total. The first-order valence-corrected chi connectivity index (χ1v) is 11.4. The number of benzene rings is 2. The minimum absolute atomic E-state index is 0.00410. The fraction of sp³-hybridized carbons (Fsp3) is 0.333. The van der Waals surface area contributed by atoms with Crippen molar-refractivity contribution in [3.05, 3.63) is 94.6 Å². The Balaban J connectivity index is 1.32. The van der Waals surface area contributed by atoms with Crippen LogP contribution < -0.4 is 4.90 Å². The second-order valence-electron chi connectivity index (χ2n) is 8.92. The molecule has 3 aromatic rings. The Labute approximate surface area is 188 Å². The molecule has 5 rings (SSSR count). The molecule has 5 heteroatoms. The summed E-state index contributed by atoms with van der Waals surface area (Å²) in [6.45, 7) is 1.82. The molecule has 164 valence electrons. The molecule has 0 bridgehead atoms. The third-order valence-electron chi connectivity index (χ3n) is 6.68. The van der Waals surface area contributed by atoms with E-state index in [9.17, 15) is 9.18 Å². The lowest BCUT2D eigenvalue weighted by Crippen LogP contribution is -2.31. The topological polar surface area (TPSA) is 36.4 Å². The van der Waals surface area contributed by atoms with Gasteiger partial charge in [-0.2, -0.15) is 0 Å². The number of aryl methyl sites for hydroxylation is 1. The summed E-state index contributed by atoms with van der Waals surface area (Å²) in [5.74, 6) is -0.129. The molecule has 2 aromatic carbocycles. The van der Waals surface area contributed by atoms with E-state index in [4.69, 9.17) is 4.98 Å². The van der Waals surface area contributed by atoms with Gasteiger partial charge in [-0.25, -0.2) is 4.39 Å². The van der Waals surface area contributed by atoms with Crippen molar-refractivity contribution in [2.45, 2.75) is 38.1 Å². The van der Waals surface area contributed by atoms with Gasteiger partial charge in [0.05, 0.1) is 11.7 Å². The Hall–Kier alpha value is -3.21. The van der Waals surface area contributed by atoms with E-state index in [1.165, 1.54) is 17.3 Å². The number of nitrogens with zero attached hydrogens (tertiary/aromatic N) is 3. The summed E-state index contributed by atoms with van der Waals surface area (Å²) in [6, 6.07) is 16.9. The van der Waals surface area contributed by atoms with Gasteiger partial charge in [-0.05, 0) is 85.2 Å². The van der Waals surface area contributed by atoms with Gasteiger partial charge in [-0.3, -0.25) is 9.78 Å². The van der Waals surface area contributed by atoms with Crippen LogP contribution in [0.3, 0.4) is 0 Å². The molecule has 1 atom stereocenters. The average molecular weight is 430 g/mol. The average Bonchev–Trinajstić information content (AvgIpc) is 3.29. The molecule has 3 heterocycles. The molecule has 0 N–H and O–H groups in total. The molecular weight excluding hydrogens is 401 g/mol. The zero-order valence-electron chi connectivity index (χ0n) is 18.4. The van der Waals surface area contributed by atoms with Gasteiger partial charge < -0.3 is 9.80 Å². The predicted octanol–water partition coefficient (Wildman–Crippen LogP) is 5.17. The maximum atomic E-state index is 13.5. The molecule has 0 radical (unpaired) electrons. The number of carbonyl (C=O) groups is 1. The molecule has 1 amide bonds. The van der Waals surface area contributed by atoms with Crippen LogP contribution in [0.1, 0.15) is 58.0 Å². The summed E-state index contributed by atoms with van der Waals surface area (Å²) in [5.41, 5.74) is 6.16. The summed E-state index contributed by atoms with van der Waals surface area (Å²) in [7, 11) is 2.11. The minimum Gasteiger partial charge on any atom is -0.374 e. The number of anilines is 1. The van der Waals surface area contributed by atoms with Crippen molar-refractivity contribution in [1.82, 2.24) is 9.88 Å². The van der Waals surface area contributed by atoms with Gasteiger partial charge in [0.15, 0.2) is 0 Å². The van der Waals surface area contributed by atoms with Crippen LogP contribution in [-0.2, 0) is 12.8 Å². The van der Waals surface area contributed by atoms with Gasteiger partial charge in [0.1, 0.15) is 5.82 Å². The van der Waals surface area contributed by atoms with Crippen molar-refractivity contribution in [3.8, 4) is 0 Å². The Morgan fingerprint density at radius 1 is 1.06 bits per heavy atom. The van der Waals surface area contributed by atoms with Gasteiger partial charge in [-0.15, -0.1) is 0 Å². The summed E-state index contributed by atoms with van der Waals surface area (Å²) in [4.78, 5) is 22.3. The van der Waals surface area contributed by atoms with Crippen molar-refractivity contribution in [2.75, 3.05) is 25.0 Å². The number of fused-ring (bicyclic) bond motifs is 1. The lowest BCUT2D eigenvalue weighted by molar-refractivity contribution is 0.0733. The zero-order valence-corrected chi connectivity index (χ0v) is 18.4. The number of halogens is 1. The van der Waals surface area contributed by atoms with Gasteiger partial charge in [-0.1, -0.05) is 18.2 Å². The fourth-order valence-electron chi connectivity index (χ4n) is 5.02. The molecule has 0 saturated carbocycles. The first-order valence-electron chi connectivity index (χ1n) is 11.4. The van der Waals surface area contributed by atoms with Gasteiger partial charge in [0.2, 0.25) is 0 Å². The normalized spacial score (nSPS) is 18.0. The molecule has 1 saturated heterocycles. The standard InChI is InChI=1S/C27H28FN3O/c1-30-13-3-6-21-17-22(10-12-25(21)30)27(32)31-14-4-8-26(31)24-11-9-20(18-29-24)15-19-5-2-7-23(28)16-19/h2,5,7,9-12,16-18,26H,3-4,6,8,13-15H2,1H3/t26-/m1/s1. The number of aromatic nitrogens is 1. The third-order valence-corrected chi connectivity index (χ3v) is 6.68. The predicted molar refractivity (Wildman–Crippen MR) is 124 cm³/mol. The smallest absolute Gasteiger partial charge is 0.254 e. The van der Waals surface area contributed by atoms with E-state index in [0.717, 1.165) is 61.2 Å². The van der Waals surface area contributed by atoms with E-state index < -0.39 is 0 Å². The van der Waals surface area contributed by atoms with Gasteiger partial charge in [0.25, 0.3) is 5.91 Å². The minimum atomic E-state index is -0.221. The van der Waals surface area contributed by atoms with E-state index in [1.54, 1.807) is 12.1 Å². The van der Waals surface area contributed by atoms with Crippen LogP contribution in [0.5, 0.6) is 0 Å². The van der Waals surface area contributed by atoms with Crippen LogP contribution >= 0.6 is 0 Å². The van der Waals surface area contributed by atoms with E-state index in [1.807, 2.05) is 35.4 Å². The molecule has 1 aromatic heterocycles. The lowest BCUT2D eigenvalue weighted by Gasteiger charge is -2.29. The number of pyridine rings is 1. The molecule has 32 heavy (non-hydrogen) atoms. The van der Waals surface area contributed by atoms with Crippen LogP contribution in [0.4, 0.5) is 10.1 Å². The number of amides is 1. The monoisotopic (exact) mass is 429 g/mol. The maximum Gasteiger partial charge on any atom is 0.254 e. The number of carbonyl (C=O) groups excluding carboxylic acids is 1. The van der Waals surface area contributed by atoms with Crippen LogP contribution in [0, 0.1) is 5.82 Å². The van der Waals surface area contributed by atoms with Gasteiger partial charge in [0, 0.05) is 37.6 Å². The number of likely N-dealkylation sites (tertiary alicyclic amines) is 1. The Morgan fingerprint density at radius 3 is 2.78 bits per heavy atom. The zero-order chi connectivity index (χ0) is 22.1. The highest BCUT2D eigenvalue weighted by Gasteiger charge is 2.32. The molecule has 2 aliphatic rings. The van der Waals surface area contributed by atoms with Crippen LogP contribution in [0.15, 0.2) is 60.8 Å². The number of rotatable bonds is 4. The molecule has 2 aliphatic heterocycles. The van der Waals surface area contributed by atoms with Crippen molar-refractivity contribution >= 4 is 11.6 Å². The molecule has 1 fully saturated rings. The van der Waals surface area contributed by atoms with Crippen molar-refractivity contribution in [1.29, 1.82) is 0 Å². The second-order valence-corrected chi connectivity index (χ2v) is 8.92. The lowest BCUT2D eigenvalue weighted by atomic mass is 9.99. The molecule has 0 unspecified atom stereocenters. The molecule has 0 aliphatic carbocycles.